The van der Waals surface area contributed by atoms with Crippen LogP contribution in [0.3, 0.4) is 0 Å². The molecule has 0 saturated heterocycles. The molecule has 1 rings (SSSR count). The maximum absolute atomic E-state index is 12.0. The molecule has 1 heterocycles. The molecule has 0 aliphatic rings. The average Bonchev–Trinajstić information content (AvgIpc) is 3.08. The van der Waals surface area contributed by atoms with Crippen LogP contribution < -0.4 is 15.9 Å². The van der Waals surface area contributed by atoms with E-state index in [1.54, 1.807) is 21.7 Å². The third kappa shape index (κ3) is 12.4. The van der Waals surface area contributed by atoms with Crippen LogP contribution in [0.15, 0.2) is 6.07 Å². The van der Waals surface area contributed by atoms with Crippen molar-refractivity contribution in [3.05, 3.63) is 17.5 Å². The van der Waals surface area contributed by atoms with Crippen molar-refractivity contribution in [2.45, 2.75) is 40.2 Å². The lowest BCUT2D eigenvalue weighted by atomic mass is 10.2. The summed E-state index contributed by atoms with van der Waals surface area (Å²) in [6.07, 6.45) is 0.959. The van der Waals surface area contributed by atoms with Crippen LogP contribution in [-0.4, -0.2) is 93.1 Å². The molecule has 0 aromatic carbocycles. The van der Waals surface area contributed by atoms with Crippen molar-refractivity contribution in [3.8, 4) is 0 Å². The number of nitrogens with one attached hydrogen (secondary N) is 3. The number of nitrogens with zero attached hydrogens (tertiary/aromatic N) is 3. The number of carbonyl (C=O) groups excluding carboxylic acids is 3. The highest BCUT2D eigenvalue weighted by atomic mass is 16.5. The summed E-state index contributed by atoms with van der Waals surface area (Å²) in [7, 11) is 3.13. The Morgan fingerprint density at radius 2 is 1.88 bits per heavy atom. The van der Waals surface area contributed by atoms with Crippen LogP contribution in [0.25, 0.3) is 0 Å². The van der Waals surface area contributed by atoms with E-state index in [-0.39, 0.29) is 25.6 Å². The quantitative estimate of drug-likeness (QED) is 0.159. The van der Waals surface area contributed by atoms with Gasteiger partial charge in [0.1, 0.15) is 6.54 Å². The maximum Gasteiger partial charge on any atom is 0.395 e. The summed E-state index contributed by atoms with van der Waals surface area (Å²) in [4.78, 5) is 37.2. The molecule has 0 aliphatic carbocycles. The Morgan fingerprint density at radius 1 is 1.12 bits per heavy atom. The smallest absolute Gasteiger partial charge is 0.395 e. The maximum atomic E-state index is 12.0. The van der Waals surface area contributed by atoms with Gasteiger partial charge < -0.3 is 30.2 Å². The Kier molecular flexibility index (Phi) is 14.0. The van der Waals surface area contributed by atoms with Gasteiger partial charge in [-0.3, -0.25) is 19.1 Å². The zero-order chi connectivity index (χ0) is 23.8. The summed E-state index contributed by atoms with van der Waals surface area (Å²) in [5, 5.41) is 12.5. The van der Waals surface area contributed by atoms with Gasteiger partial charge in [-0.05, 0) is 46.3 Å². The van der Waals surface area contributed by atoms with E-state index in [9.17, 15) is 14.4 Å². The summed E-state index contributed by atoms with van der Waals surface area (Å²) in [5.41, 5.74) is 2.11. The Morgan fingerprint density at radius 3 is 2.53 bits per heavy atom. The number of hydrogen-bond donors (Lipinski definition) is 3. The van der Waals surface area contributed by atoms with Crippen LogP contribution in [-0.2, 0) is 30.3 Å². The number of aryl methyl sites for hydroxylation is 2. The SMILES string of the molecule is CCOC(=O)CNC(=O)CNC(=O)CCCN(CCN[B]OC)CCn1nc(C)cc1C. The van der Waals surface area contributed by atoms with Crippen LogP contribution in [0.2, 0.25) is 0 Å². The van der Waals surface area contributed by atoms with E-state index in [4.69, 9.17) is 9.39 Å². The average molecular weight is 451 g/mol. The van der Waals surface area contributed by atoms with E-state index in [0.29, 0.717) is 12.8 Å². The highest BCUT2D eigenvalue weighted by Gasteiger charge is 2.11. The lowest BCUT2D eigenvalue weighted by Gasteiger charge is -2.22. The summed E-state index contributed by atoms with van der Waals surface area (Å²) >= 11 is 0. The van der Waals surface area contributed by atoms with E-state index in [0.717, 1.165) is 44.1 Å². The predicted octanol–water partition coefficient (Wildman–Crippen LogP) is -0.852. The number of amides is 2. The minimum absolute atomic E-state index is 0.170. The molecule has 3 N–H and O–H groups in total. The van der Waals surface area contributed by atoms with Gasteiger partial charge in [0.15, 0.2) is 0 Å². The molecule has 12 heteroatoms. The van der Waals surface area contributed by atoms with Crippen LogP contribution in [0, 0.1) is 13.8 Å². The third-order valence-corrected chi connectivity index (χ3v) is 4.56. The second kappa shape index (κ2) is 16.2. The highest BCUT2D eigenvalue weighted by Crippen LogP contribution is 2.03. The Balaban J connectivity index is 2.34. The van der Waals surface area contributed by atoms with Crippen LogP contribution >= 0.6 is 0 Å². The van der Waals surface area contributed by atoms with Gasteiger partial charge in [0.2, 0.25) is 11.8 Å². The number of esters is 1. The normalized spacial score (nSPS) is 10.8. The van der Waals surface area contributed by atoms with Crippen molar-refractivity contribution in [2.75, 3.05) is 53.0 Å². The van der Waals surface area contributed by atoms with Crippen molar-refractivity contribution in [2.24, 2.45) is 0 Å². The molecule has 1 aromatic rings. The van der Waals surface area contributed by atoms with Crippen molar-refractivity contribution in [1.82, 2.24) is 30.5 Å². The molecular weight excluding hydrogens is 415 g/mol. The first-order valence-corrected chi connectivity index (χ1v) is 10.9. The number of hydrogen-bond acceptors (Lipinski definition) is 8. The van der Waals surface area contributed by atoms with E-state index in [2.05, 4.69) is 25.9 Å². The lowest BCUT2D eigenvalue weighted by molar-refractivity contribution is -0.143. The molecule has 0 bridgehead atoms. The lowest BCUT2D eigenvalue weighted by Crippen LogP contribution is -2.40. The summed E-state index contributed by atoms with van der Waals surface area (Å²) < 4.78 is 11.6. The first kappa shape index (κ1) is 27.6. The van der Waals surface area contributed by atoms with Gasteiger partial charge >= 0.3 is 13.6 Å². The fourth-order valence-electron chi connectivity index (χ4n) is 3.01. The van der Waals surface area contributed by atoms with Crippen molar-refractivity contribution >= 4 is 25.4 Å². The summed E-state index contributed by atoms with van der Waals surface area (Å²) in [6, 6.07) is 2.05. The largest absolute Gasteiger partial charge is 0.465 e. The molecule has 0 fully saturated rings. The van der Waals surface area contributed by atoms with Crippen LogP contribution in [0.1, 0.15) is 31.2 Å². The second-order valence-electron chi connectivity index (χ2n) is 7.26. The zero-order valence-electron chi connectivity index (χ0n) is 19.6. The molecule has 32 heavy (non-hydrogen) atoms. The Bertz CT molecular complexity index is 715. The highest BCUT2D eigenvalue weighted by molar-refractivity contribution is 6.23. The molecular formula is C20H36BN6O5. The summed E-state index contributed by atoms with van der Waals surface area (Å²) in [6.45, 7) is 9.38. The third-order valence-electron chi connectivity index (χ3n) is 4.56. The molecule has 0 saturated carbocycles. The zero-order valence-corrected chi connectivity index (χ0v) is 19.6. The van der Waals surface area contributed by atoms with Gasteiger partial charge in [-0.25, -0.2) is 0 Å². The minimum atomic E-state index is -0.509. The molecule has 2 amide bonds. The van der Waals surface area contributed by atoms with Crippen LogP contribution in [0.4, 0.5) is 0 Å². The van der Waals surface area contributed by atoms with Gasteiger partial charge in [-0.2, -0.15) is 5.10 Å². The molecule has 0 atom stereocenters. The number of carbonyl (C=O) groups is 3. The van der Waals surface area contributed by atoms with E-state index in [1.807, 2.05) is 24.6 Å². The van der Waals surface area contributed by atoms with Crippen molar-refractivity contribution in [3.63, 3.8) is 0 Å². The molecule has 179 valence electrons. The Hall–Kier alpha value is -2.44. The summed E-state index contributed by atoms with van der Waals surface area (Å²) in [5.74, 6) is -1.15. The topological polar surface area (TPSA) is 127 Å². The number of ether oxygens (including phenoxy) is 1. The minimum Gasteiger partial charge on any atom is -0.465 e. The molecule has 11 nitrogen and oxygen atoms in total. The molecule has 0 unspecified atom stereocenters. The van der Waals surface area contributed by atoms with E-state index >= 15 is 0 Å². The monoisotopic (exact) mass is 451 g/mol. The van der Waals surface area contributed by atoms with Gasteiger partial charge in [0, 0.05) is 32.3 Å². The molecule has 0 spiro atoms. The first-order valence-electron chi connectivity index (χ1n) is 10.9. The van der Waals surface area contributed by atoms with Gasteiger partial charge in [-0.1, -0.05) is 0 Å². The Labute approximate surface area is 190 Å². The van der Waals surface area contributed by atoms with Crippen molar-refractivity contribution in [1.29, 1.82) is 0 Å². The standard InChI is InChI=1S/C20H36BN6O5/c1-5-32-20(30)15-23-19(29)14-22-18(28)7-6-9-26(10-8-24-21-31-4)11-12-27-17(3)13-16(2)25-27/h13,24H,5-12,14-15H2,1-4H3,(H,22,28)(H,23,29). The second-order valence-corrected chi connectivity index (χ2v) is 7.26. The van der Waals surface area contributed by atoms with E-state index in [1.165, 1.54) is 0 Å². The number of aromatic nitrogens is 2. The number of rotatable bonds is 17. The fraction of sp³-hybridized carbons (Fsp3) is 0.700. The van der Waals surface area contributed by atoms with Gasteiger partial charge in [-0.15, -0.1) is 0 Å². The van der Waals surface area contributed by atoms with Gasteiger partial charge in [0.25, 0.3) is 0 Å². The molecule has 1 aromatic heterocycles. The van der Waals surface area contributed by atoms with E-state index < -0.39 is 11.9 Å². The molecule has 1 radical (unpaired) electrons. The van der Waals surface area contributed by atoms with Gasteiger partial charge in [0.05, 0.1) is 25.4 Å². The fourth-order valence-corrected chi connectivity index (χ4v) is 3.01. The van der Waals surface area contributed by atoms with Crippen molar-refractivity contribution < 1.29 is 23.8 Å². The predicted molar refractivity (Wildman–Crippen MR) is 121 cm³/mol. The molecule has 0 aliphatic heterocycles. The first-order chi connectivity index (χ1) is 15.3. The van der Waals surface area contributed by atoms with Crippen LogP contribution in [0.5, 0.6) is 0 Å².